The molecule has 0 saturated carbocycles. The highest BCUT2D eigenvalue weighted by molar-refractivity contribution is 7.17. The van der Waals surface area contributed by atoms with Gasteiger partial charge in [-0.15, -0.1) is 11.3 Å². The Morgan fingerprint density at radius 3 is 2.50 bits per heavy atom. The molecule has 0 atom stereocenters. The van der Waals surface area contributed by atoms with Gasteiger partial charge in [0.15, 0.2) is 0 Å². The van der Waals surface area contributed by atoms with Crippen molar-refractivity contribution < 1.29 is 9.53 Å². The first kappa shape index (κ1) is 28.2. The number of hydrogen-bond donors (Lipinski definition) is 0. The Morgan fingerprint density at radius 1 is 0.950 bits per heavy atom. The van der Waals surface area contributed by atoms with E-state index in [-0.39, 0.29) is 11.6 Å². The number of piperazine rings is 1. The molecule has 1 amide bonds. The van der Waals surface area contributed by atoms with E-state index < -0.39 is 0 Å². The van der Waals surface area contributed by atoms with Crippen LogP contribution in [-0.4, -0.2) is 72.8 Å². The van der Waals surface area contributed by atoms with E-state index in [2.05, 4.69) is 39.4 Å². The number of anilines is 1. The van der Waals surface area contributed by atoms with E-state index in [0.29, 0.717) is 31.0 Å². The third-order valence-corrected chi connectivity index (χ3v) is 8.52. The monoisotopic (exact) mass is 560 g/mol. The van der Waals surface area contributed by atoms with E-state index in [1.807, 2.05) is 32.0 Å². The minimum Gasteiger partial charge on any atom is -0.494 e. The molecule has 40 heavy (non-hydrogen) atoms. The Kier molecular flexibility index (Phi) is 9.39. The standard InChI is InChI=1S/C32H40N4O3S/c1-3-15-35(16-4-2)32(38)36-29-24-26(12-10-25(29)11-13-31(36)37)39-22-6-5-17-33-18-20-34(21-19-33)28-8-7-9-30-27(28)14-23-40-30/h7-14,23-24H,3-6,15-22H2,1-2H3. The Morgan fingerprint density at radius 2 is 1.73 bits per heavy atom. The number of nitrogens with zero attached hydrogens (tertiary/aromatic N) is 4. The maximum atomic E-state index is 13.3. The molecule has 1 aliphatic heterocycles. The summed E-state index contributed by atoms with van der Waals surface area (Å²) in [7, 11) is 0. The fourth-order valence-electron chi connectivity index (χ4n) is 5.58. The quantitative estimate of drug-likeness (QED) is 0.202. The van der Waals surface area contributed by atoms with E-state index in [4.69, 9.17) is 4.74 Å². The van der Waals surface area contributed by atoms with Crippen molar-refractivity contribution in [1.29, 1.82) is 0 Å². The molecule has 7 nitrogen and oxygen atoms in total. The zero-order valence-electron chi connectivity index (χ0n) is 23.7. The minimum atomic E-state index is -0.307. The van der Waals surface area contributed by atoms with Gasteiger partial charge < -0.3 is 14.5 Å². The van der Waals surface area contributed by atoms with Gasteiger partial charge in [0.2, 0.25) is 0 Å². The smallest absolute Gasteiger partial charge is 0.331 e. The van der Waals surface area contributed by atoms with Crippen LogP contribution in [0.1, 0.15) is 39.5 Å². The van der Waals surface area contributed by atoms with E-state index in [0.717, 1.165) is 63.8 Å². The second kappa shape index (κ2) is 13.3. The Balaban J connectivity index is 1.12. The maximum absolute atomic E-state index is 13.3. The molecular formula is C32H40N4O3S. The zero-order chi connectivity index (χ0) is 27.9. The number of rotatable bonds is 11. The van der Waals surface area contributed by atoms with Gasteiger partial charge in [0.25, 0.3) is 5.56 Å². The van der Waals surface area contributed by atoms with Crippen molar-refractivity contribution in [3.8, 4) is 5.75 Å². The number of aromatic nitrogens is 1. The van der Waals surface area contributed by atoms with Crippen molar-refractivity contribution in [3.05, 3.63) is 70.3 Å². The minimum absolute atomic E-state index is 0.261. The molecule has 0 aliphatic carbocycles. The number of ether oxygens (including phenoxy) is 1. The number of benzene rings is 2. The lowest BCUT2D eigenvalue weighted by molar-refractivity contribution is 0.199. The van der Waals surface area contributed by atoms with Crippen molar-refractivity contribution in [1.82, 2.24) is 14.4 Å². The van der Waals surface area contributed by atoms with Crippen LogP contribution in [0.3, 0.4) is 0 Å². The van der Waals surface area contributed by atoms with Crippen LogP contribution >= 0.6 is 11.3 Å². The van der Waals surface area contributed by atoms with Gasteiger partial charge in [-0.1, -0.05) is 19.9 Å². The highest BCUT2D eigenvalue weighted by Gasteiger charge is 2.20. The molecule has 2 aromatic heterocycles. The van der Waals surface area contributed by atoms with Gasteiger partial charge in [0.05, 0.1) is 12.1 Å². The number of carbonyl (C=O) groups excluding carboxylic acids is 1. The lowest BCUT2D eigenvalue weighted by atomic mass is 10.2. The van der Waals surface area contributed by atoms with Crippen LogP contribution in [0.4, 0.5) is 10.5 Å². The third-order valence-electron chi connectivity index (χ3n) is 7.64. The normalized spacial score (nSPS) is 14.2. The number of unbranched alkanes of at least 4 members (excludes halogenated alkanes) is 1. The van der Waals surface area contributed by atoms with Gasteiger partial charge in [-0.05, 0) is 79.4 Å². The van der Waals surface area contributed by atoms with Gasteiger partial charge in [-0.3, -0.25) is 9.69 Å². The molecule has 5 rings (SSSR count). The van der Waals surface area contributed by atoms with Crippen molar-refractivity contribution in [2.45, 2.75) is 39.5 Å². The summed E-state index contributed by atoms with van der Waals surface area (Å²) in [5.41, 5.74) is 1.65. The summed E-state index contributed by atoms with van der Waals surface area (Å²) in [4.78, 5) is 32.9. The molecule has 8 heteroatoms. The van der Waals surface area contributed by atoms with Crippen LogP contribution in [0.15, 0.2) is 64.8 Å². The average molecular weight is 561 g/mol. The number of amides is 1. The topological polar surface area (TPSA) is 58.0 Å². The highest BCUT2D eigenvalue weighted by atomic mass is 32.1. The van der Waals surface area contributed by atoms with Gasteiger partial charge >= 0.3 is 6.03 Å². The summed E-state index contributed by atoms with van der Waals surface area (Å²) < 4.78 is 8.73. The van der Waals surface area contributed by atoms with Crippen LogP contribution < -0.4 is 15.2 Å². The molecule has 4 aromatic rings. The van der Waals surface area contributed by atoms with E-state index in [9.17, 15) is 9.59 Å². The maximum Gasteiger partial charge on any atom is 0.331 e. The second-order valence-corrected chi connectivity index (χ2v) is 11.4. The Labute approximate surface area is 240 Å². The molecular weight excluding hydrogens is 520 g/mol. The first-order valence-electron chi connectivity index (χ1n) is 14.6. The summed E-state index contributed by atoms with van der Waals surface area (Å²) >= 11 is 1.81. The van der Waals surface area contributed by atoms with Gasteiger partial charge in [-0.25, -0.2) is 9.36 Å². The summed E-state index contributed by atoms with van der Waals surface area (Å²) in [6.07, 6.45) is 3.72. The van der Waals surface area contributed by atoms with Crippen molar-refractivity contribution in [2.75, 3.05) is 57.3 Å². The number of pyridine rings is 1. The van der Waals surface area contributed by atoms with E-state index >= 15 is 0 Å². The van der Waals surface area contributed by atoms with Crippen molar-refractivity contribution in [3.63, 3.8) is 0 Å². The molecule has 3 heterocycles. The van der Waals surface area contributed by atoms with Gasteiger partial charge in [0, 0.05) is 67.2 Å². The van der Waals surface area contributed by atoms with Crippen LogP contribution in [0, 0.1) is 0 Å². The summed E-state index contributed by atoms with van der Waals surface area (Å²) in [5.74, 6) is 0.688. The zero-order valence-corrected chi connectivity index (χ0v) is 24.5. The highest BCUT2D eigenvalue weighted by Crippen LogP contribution is 2.31. The Hall–Kier alpha value is -3.36. The van der Waals surface area contributed by atoms with Crippen LogP contribution in [0.5, 0.6) is 5.75 Å². The molecule has 0 N–H and O–H groups in total. The van der Waals surface area contributed by atoms with Gasteiger partial charge in [0.1, 0.15) is 5.75 Å². The predicted octanol–water partition coefficient (Wildman–Crippen LogP) is 6.29. The number of thiophene rings is 1. The summed E-state index contributed by atoms with van der Waals surface area (Å²) in [5, 5.41) is 4.40. The SMILES string of the molecule is CCCN(CCC)C(=O)n1c(=O)ccc2ccc(OCCCCN3CCN(c4cccc5sccc45)CC3)cc21. The second-order valence-electron chi connectivity index (χ2n) is 10.5. The number of hydrogen-bond acceptors (Lipinski definition) is 6. The van der Waals surface area contributed by atoms with Crippen molar-refractivity contribution >= 4 is 44.0 Å². The molecule has 1 fully saturated rings. The first-order valence-corrected chi connectivity index (χ1v) is 15.5. The predicted molar refractivity (Wildman–Crippen MR) is 166 cm³/mol. The molecule has 1 aliphatic rings. The molecule has 0 radical (unpaired) electrons. The molecule has 2 aromatic carbocycles. The fraction of sp³-hybridized carbons (Fsp3) is 0.438. The van der Waals surface area contributed by atoms with Gasteiger partial charge in [-0.2, -0.15) is 0 Å². The van der Waals surface area contributed by atoms with Crippen LogP contribution in [-0.2, 0) is 0 Å². The summed E-state index contributed by atoms with van der Waals surface area (Å²) in [6, 6.07) is 17.5. The number of carbonyl (C=O) groups is 1. The average Bonchev–Trinajstić information content (AvgIpc) is 3.46. The summed E-state index contributed by atoms with van der Waals surface area (Å²) in [6.45, 7) is 11.3. The molecule has 1 saturated heterocycles. The molecule has 0 spiro atoms. The lowest BCUT2D eigenvalue weighted by Crippen LogP contribution is -2.46. The van der Waals surface area contributed by atoms with Crippen LogP contribution in [0.25, 0.3) is 21.0 Å². The van der Waals surface area contributed by atoms with E-state index in [1.165, 1.54) is 26.4 Å². The number of fused-ring (bicyclic) bond motifs is 2. The lowest BCUT2D eigenvalue weighted by Gasteiger charge is -2.36. The van der Waals surface area contributed by atoms with Crippen LogP contribution in [0.2, 0.25) is 0 Å². The first-order chi connectivity index (χ1) is 19.6. The fourth-order valence-corrected chi connectivity index (χ4v) is 6.38. The molecule has 0 bridgehead atoms. The molecule has 0 unspecified atom stereocenters. The third kappa shape index (κ3) is 6.34. The van der Waals surface area contributed by atoms with Crippen molar-refractivity contribution in [2.24, 2.45) is 0 Å². The van der Waals surface area contributed by atoms with E-state index in [1.54, 1.807) is 22.3 Å². The Bertz CT molecular complexity index is 1480. The molecule has 212 valence electrons. The largest absolute Gasteiger partial charge is 0.494 e.